The molecule has 0 fully saturated rings. The van der Waals surface area contributed by atoms with E-state index in [2.05, 4.69) is 10.6 Å². The molecule has 1 aromatic rings. The van der Waals surface area contributed by atoms with E-state index in [-0.39, 0.29) is 11.8 Å². The Hall–Kier alpha value is -1.40. The first-order valence-electron chi connectivity index (χ1n) is 6.43. The second-order valence-electron chi connectivity index (χ2n) is 5.85. The lowest BCUT2D eigenvalue weighted by Crippen LogP contribution is -2.61. The summed E-state index contributed by atoms with van der Waals surface area (Å²) >= 11 is 1.32. The summed E-state index contributed by atoms with van der Waals surface area (Å²) in [5.41, 5.74) is -1.87. The number of thiophene rings is 1. The highest BCUT2D eigenvalue weighted by molar-refractivity contribution is 7.12. The summed E-state index contributed by atoms with van der Waals surface area (Å²) in [5, 5.41) is 17.2. The second-order valence-corrected chi connectivity index (χ2v) is 6.79. The summed E-state index contributed by atoms with van der Waals surface area (Å²) in [6.45, 7) is 8.34. The topological polar surface area (TPSA) is 78.4 Å². The van der Waals surface area contributed by atoms with Crippen LogP contribution in [0.15, 0.2) is 17.5 Å². The van der Waals surface area contributed by atoms with Gasteiger partial charge in [0, 0.05) is 0 Å². The first-order valence-corrected chi connectivity index (χ1v) is 7.31. The molecular formula is C14H22N2O3S. The summed E-state index contributed by atoms with van der Waals surface area (Å²) < 4.78 is 0. The van der Waals surface area contributed by atoms with Gasteiger partial charge >= 0.3 is 0 Å². The van der Waals surface area contributed by atoms with E-state index in [4.69, 9.17) is 0 Å². The number of amides is 2. The van der Waals surface area contributed by atoms with Crippen LogP contribution in [-0.2, 0) is 4.79 Å². The van der Waals surface area contributed by atoms with Gasteiger partial charge in [0.2, 0.25) is 5.91 Å². The van der Waals surface area contributed by atoms with Crippen LogP contribution in [0.4, 0.5) is 0 Å². The molecule has 0 radical (unpaired) electrons. The predicted molar refractivity (Wildman–Crippen MR) is 79.8 cm³/mol. The molecule has 2 amide bonds. The van der Waals surface area contributed by atoms with Crippen molar-refractivity contribution in [1.29, 1.82) is 0 Å². The van der Waals surface area contributed by atoms with E-state index in [0.717, 1.165) is 0 Å². The minimum Gasteiger partial charge on any atom is -0.388 e. The molecule has 3 N–H and O–H groups in total. The molecule has 112 valence electrons. The molecule has 20 heavy (non-hydrogen) atoms. The third-order valence-corrected chi connectivity index (χ3v) is 4.32. The summed E-state index contributed by atoms with van der Waals surface area (Å²) in [6, 6.07) is 2.80. The van der Waals surface area contributed by atoms with Gasteiger partial charge in [0.1, 0.15) is 6.04 Å². The monoisotopic (exact) mass is 298 g/mol. The molecule has 0 aromatic carbocycles. The van der Waals surface area contributed by atoms with Crippen LogP contribution in [0.3, 0.4) is 0 Å². The number of hydrogen-bond donors (Lipinski definition) is 3. The molecule has 0 aliphatic rings. The van der Waals surface area contributed by atoms with Gasteiger partial charge in [-0.25, -0.2) is 0 Å². The van der Waals surface area contributed by atoms with Crippen molar-refractivity contribution in [2.45, 2.75) is 51.8 Å². The second kappa shape index (κ2) is 5.93. The predicted octanol–water partition coefficient (Wildman–Crippen LogP) is 1.53. The first kappa shape index (κ1) is 16.7. The number of carbonyl (C=O) groups excluding carboxylic acids is 2. The smallest absolute Gasteiger partial charge is 0.261 e. The van der Waals surface area contributed by atoms with Crippen molar-refractivity contribution in [2.75, 3.05) is 0 Å². The molecule has 6 heteroatoms. The van der Waals surface area contributed by atoms with Crippen LogP contribution in [-0.4, -0.2) is 34.1 Å². The number of rotatable bonds is 5. The van der Waals surface area contributed by atoms with E-state index in [0.29, 0.717) is 4.88 Å². The van der Waals surface area contributed by atoms with Crippen LogP contribution in [0.2, 0.25) is 0 Å². The Morgan fingerprint density at radius 2 is 1.90 bits per heavy atom. The molecule has 0 saturated heterocycles. The lowest BCUT2D eigenvalue weighted by Gasteiger charge is -2.38. The van der Waals surface area contributed by atoms with Crippen molar-refractivity contribution in [2.24, 2.45) is 0 Å². The summed E-state index contributed by atoms with van der Waals surface area (Å²) in [7, 11) is 0. The van der Waals surface area contributed by atoms with Gasteiger partial charge in [0.15, 0.2) is 0 Å². The van der Waals surface area contributed by atoms with Crippen LogP contribution >= 0.6 is 11.3 Å². The fourth-order valence-electron chi connectivity index (χ4n) is 1.31. The van der Waals surface area contributed by atoms with Gasteiger partial charge in [-0.1, -0.05) is 6.07 Å². The van der Waals surface area contributed by atoms with Gasteiger partial charge in [-0.2, -0.15) is 0 Å². The van der Waals surface area contributed by atoms with Crippen molar-refractivity contribution in [3.05, 3.63) is 22.4 Å². The molecule has 0 bridgehead atoms. The normalized spacial score (nSPS) is 13.7. The third kappa shape index (κ3) is 4.05. The first-order chi connectivity index (χ1) is 9.04. The van der Waals surface area contributed by atoms with Crippen molar-refractivity contribution in [3.63, 3.8) is 0 Å². The van der Waals surface area contributed by atoms with Gasteiger partial charge in [-0.05, 0) is 46.1 Å². The molecule has 1 atom stereocenters. The van der Waals surface area contributed by atoms with E-state index in [9.17, 15) is 14.7 Å². The highest BCUT2D eigenvalue weighted by Crippen LogP contribution is 2.20. The van der Waals surface area contributed by atoms with Crippen molar-refractivity contribution in [3.8, 4) is 0 Å². The van der Waals surface area contributed by atoms with Gasteiger partial charge in [0.05, 0.1) is 16.0 Å². The summed E-state index contributed by atoms with van der Waals surface area (Å²) in [6.07, 6.45) is 0. The van der Waals surface area contributed by atoms with Crippen LogP contribution in [0.25, 0.3) is 0 Å². The van der Waals surface area contributed by atoms with Gasteiger partial charge in [0.25, 0.3) is 5.91 Å². The van der Waals surface area contributed by atoms with Crippen LogP contribution in [0, 0.1) is 0 Å². The quantitative estimate of drug-likeness (QED) is 0.771. The van der Waals surface area contributed by atoms with Crippen molar-refractivity contribution in [1.82, 2.24) is 10.6 Å². The maximum atomic E-state index is 12.1. The average molecular weight is 298 g/mol. The van der Waals surface area contributed by atoms with E-state index < -0.39 is 17.2 Å². The van der Waals surface area contributed by atoms with Crippen molar-refractivity contribution < 1.29 is 14.7 Å². The van der Waals surface area contributed by atoms with E-state index in [1.54, 1.807) is 52.1 Å². The zero-order valence-electron chi connectivity index (χ0n) is 12.5. The maximum Gasteiger partial charge on any atom is 0.261 e. The highest BCUT2D eigenvalue weighted by Gasteiger charge is 2.37. The minimum absolute atomic E-state index is 0.274. The van der Waals surface area contributed by atoms with E-state index in [1.165, 1.54) is 11.3 Å². The Kier molecular flexibility index (Phi) is 4.94. The molecule has 0 spiro atoms. The Bertz CT molecular complexity index is 475. The van der Waals surface area contributed by atoms with Crippen LogP contribution < -0.4 is 10.6 Å². The van der Waals surface area contributed by atoms with Crippen LogP contribution in [0.1, 0.15) is 44.3 Å². The zero-order chi connectivity index (χ0) is 15.6. The summed E-state index contributed by atoms with van der Waals surface area (Å²) in [5.74, 6) is -0.606. The fraction of sp³-hybridized carbons (Fsp3) is 0.571. The molecule has 0 saturated carbocycles. The SMILES string of the molecule is CC(NC(=O)c1cccs1)C(=O)NC(C)(C)C(C)(C)O. The number of carbonyl (C=O) groups is 2. The highest BCUT2D eigenvalue weighted by atomic mass is 32.1. The molecule has 1 rings (SSSR count). The van der Waals surface area contributed by atoms with E-state index in [1.807, 2.05) is 0 Å². The Labute approximate surface area is 123 Å². The largest absolute Gasteiger partial charge is 0.388 e. The number of aliphatic hydroxyl groups is 1. The Morgan fingerprint density at radius 1 is 1.30 bits per heavy atom. The Balaban J connectivity index is 2.62. The molecule has 1 aromatic heterocycles. The van der Waals surface area contributed by atoms with Crippen LogP contribution in [0.5, 0.6) is 0 Å². The van der Waals surface area contributed by atoms with E-state index >= 15 is 0 Å². The minimum atomic E-state index is -1.07. The van der Waals surface area contributed by atoms with Gasteiger partial charge in [-0.3, -0.25) is 9.59 Å². The fourth-order valence-corrected chi connectivity index (χ4v) is 1.94. The lowest BCUT2D eigenvalue weighted by molar-refractivity contribution is -0.127. The Morgan fingerprint density at radius 3 is 2.35 bits per heavy atom. The molecule has 0 aliphatic carbocycles. The number of nitrogens with one attached hydrogen (secondary N) is 2. The molecule has 0 aliphatic heterocycles. The van der Waals surface area contributed by atoms with Gasteiger partial charge < -0.3 is 15.7 Å². The summed E-state index contributed by atoms with van der Waals surface area (Å²) in [4.78, 5) is 24.5. The average Bonchev–Trinajstić information content (AvgIpc) is 2.79. The number of hydrogen-bond acceptors (Lipinski definition) is 4. The zero-order valence-corrected chi connectivity index (χ0v) is 13.3. The van der Waals surface area contributed by atoms with Crippen molar-refractivity contribution >= 4 is 23.2 Å². The maximum absolute atomic E-state index is 12.1. The van der Waals surface area contributed by atoms with Gasteiger partial charge in [-0.15, -0.1) is 11.3 Å². The molecule has 1 heterocycles. The molecule has 1 unspecified atom stereocenters. The standard InChI is InChI=1S/C14H22N2O3S/c1-9(15-12(18)10-7-6-8-20-10)11(17)16-13(2,3)14(4,5)19/h6-9,19H,1-5H3,(H,15,18)(H,16,17). The third-order valence-electron chi connectivity index (χ3n) is 3.45. The molecular weight excluding hydrogens is 276 g/mol. The lowest BCUT2D eigenvalue weighted by atomic mass is 9.86. The molecule has 5 nitrogen and oxygen atoms in total.